The van der Waals surface area contributed by atoms with E-state index >= 15 is 0 Å². The fraction of sp³-hybridized carbons (Fsp3) is 0.154. The summed E-state index contributed by atoms with van der Waals surface area (Å²) in [5, 5.41) is 0. The number of hydrogen-bond donors (Lipinski definition) is 2. The molecule has 0 bridgehead atoms. The molecule has 1 aromatic heterocycles. The molecule has 0 atom stereocenters. The molecular weight excluding hydrogens is 216 g/mol. The third kappa shape index (κ3) is 2.37. The lowest BCUT2D eigenvalue weighted by Gasteiger charge is -2.05. The lowest BCUT2D eigenvalue weighted by molar-refractivity contribution is 0.415. The summed E-state index contributed by atoms with van der Waals surface area (Å²) in [6.45, 7) is 0.229. The Hall–Kier alpha value is -2.07. The van der Waals surface area contributed by atoms with Crippen LogP contribution < -0.4 is 16.0 Å². The van der Waals surface area contributed by atoms with Gasteiger partial charge in [0.2, 0.25) is 0 Å². The minimum Gasteiger partial charge on any atom is -0.497 e. The van der Waals surface area contributed by atoms with Crippen molar-refractivity contribution in [3.63, 3.8) is 0 Å². The molecule has 0 fully saturated rings. The summed E-state index contributed by atoms with van der Waals surface area (Å²) in [7, 11) is 1.62. The molecule has 2 rings (SSSR count). The Morgan fingerprint density at radius 2 is 2.12 bits per heavy atom. The third-order valence-electron chi connectivity index (χ3n) is 2.60. The van der Waals surface area contributed by atoms with Gasteiger partial charge in [0.25, 0.3) is 5.56 Å². The molecule has 2 aromatic rings. The van der Waals surface area contributed by atoms with E-state index in [2.05, 4.69) is 4.98 Å². The topological polar surface area (TPSA) is 68.1 Å². The van der Waals surface area contributed by atoms with E-state index in [1.54, 1.807) is 19.4 Å². The monoisotopic (exact) mass is 230 g/mol. The zero-order valence-electron chi connectivity index (χ0n) is 9.57. The number of nitrogens with two attached hydrogens (primary N) is 1. The molecule has 0 radical (unpaired) electrons. The van der Waals surface area contributed by atoms with Gasteiger partial charge in [-0.05, 0) is 29.3 Å². The van der Waals surface area contributed by atoms with E-state index in [1.165, 1.54) is 0 Å². The number of benzene rings is 1. The smallest absolute Gasteiger partial charge is 0.252 e. The summed E-state index contributed by atoms with van der Waals surface area (Å²) >= 11 is 0. The molecule has 0 aliphatic rings. The lowest BCUT2D eigenvalue weighted by Crippen LogP contribution is -2.15. The van der Waals surface area contributed by atoms with Crippen molar-refractivity contribution in [3.8, 4) is 16.9 Å². The van der Waals surface area contributed by atoms with Crippen molar-refractivity contribution in [1.82, 2.24) is 4.98 Å². The summed E-state index contributed by atoms with van der Waals surface area (Å²) in [6, 6.07) is 9.44. The van der Waals surface area contributed by atoms with Crippen molar-refractivity contribution in [1.29, 1.82) is 0 Å². The SMILES string of the molecule is COc1cccc(-c2c[nH]c(=O)c(CN)c2)c1. The van der Waals surface area contributed by atoms with Crippen LogP contribution in [0.15, 0.2) is 41.3 Å². The second-order valence-electron chi connectivity index (χ2n) is 3.68. The van der Waals surface area contributed by atoms with Crippen molar-refractivity contribution in [2.24, 2.45) is 5.73 Å². The molecule has 4 heteroatoms. The van der Waals surface area contributed by atoms with Crippen LogP contribution in [0.2, 0.25) is 0 Å². The summed E-state index contributed by atoms with van der Waals surface area (Å²) in [5.74, 6) is 0.781. The number of rotatable bonds is 3. The van der Waals surface area contributed by atoms with Crippen molar-refractivity contribution < 1.29 is 4.74 Å². The van der Waals surface area contributed by atoms with E-state index in [9.17, 15) is 4.79 Å². The highest BCUT2D eigenvalue weighted by Gasteiger charge is 2.03. The minimum atomic E-state index is -0.140. The second-order valence-corrected chi connectivity index (χ2v) is 3.68. The molecule has 0 unspecified atom stereocenters. The predicted molar refractivity (Wildman–Crippen MR) is 66.9 cm³/mol. The first-order valence-electron chi connectivity index (χ1n) is 5.30. The number of methoxy groups -OCH3 is 1. The van der Waals surface area contributed by atoms with Crippen LogP contribution in [0.3, 0.4) is 0 Å². The molecule has 0 spiro atoms. The Balaban J connectivity index is 2.48. The number of H-pyrrole nitrogens is 1. The minimum absolute atomic E-state index is 0.140. The summed E-state index contributed by atoms with van der Waals surface area (Å²) in [5.41, 5.74) is 7.85. The van der Waals surface area contributed by atoms with Crippen molar-refractivity contribution in [3.05, 3.63) is 52.4 Å². The number of hydrogen-bond acceptors (Lipinski definition) is 3. The highest BCUT2D eigenvalue weighted by molar-refractivity contribution is 5.64. The van der Waals surface area contributed by atoms with Gasteiger partial charge in [0.05, 0.1) is 7.11 Å². The largest absolute Gasteiger partial charge is 0.497 e. The molecule has 0 aliphatic carbocycles. The maximum atomic E-state index is 11.4. The van der Waals surface area contributed by atoms with E-state index < -0.39 is 0 Å². The lowest BCUT2D eigenvalue weighted by atomic mass is 10.1. The zero-order chi connectivity index (χ0) is 12.3. The van der Waals surface area contributed by atoms with Crippen molar-refractivity contribution >= 4 is 0 Å². The molecule has 17 heavy (non-hydrogen) atoms. The van der Waals surface area contributed by atoms with Gasteiger partial charge in [0.1, 0.15) is 5.75 Å². The summed E-state index contributed by atoms with van der Waals surface area (Å²) in [6.07, 6.45) is 1.68. The number of aromatic amines is 1. The third-order valence-corrected chi connectivity index (χ3v) is 2.60. The maximum absolute atomic E-state index is 11.4. The summed E-state index contributed by atoms with van der Waals surface area (Å²) in [4.78, 5) is 14.1. The second kappa shape index (κ2) is 4.84. The van der Waals surface area contributed by atoms with Crippen LogP contribution in [0.25, 0.3) is 11.1 Å². The van der Waals surface area contributed by atoms with Gasteiger partial charge in [-0.15, -0.1) is 0 Å². The Bertz CT molecular complexity index is 576. The Morgan fingerprint density at radius 1 is 1.29 bits per heavy atom. The van der Waals surface area contributed by atoms with Crippen LogP contribution in [-0.4, -0.2) is 12.1 Å². The molecule has 0 aliphatic heterocycles. The molecular formula is C13H14N2O2. The Kier molecular flexibility index (Phi) is 3.25. The fourth-order valence-corrected chi connectivity index (χ4v) is 1.65. The first-order valence-corrected chi connectivity index (χ1v) is 5.30. The average molecular weight is 230 g/mol. The number of aromatic nitrogens is 1. The quantitative estimate of drug-likeness (QED) is 0.839. The molecule has 4 nitrogen and oxygen atoms in total. The summed E-state index contributed by atoms with van der Waals surface area (Å²) < 4.78 is 5.16. The zero-order valence-corrected chi connectivity index (χ0v) is 9.57. The molecule has 1 heterocycles. The van der Waals surface area contributed by atoms with E-state index in [0.29, 0.717) is 5.56 Å². The maximum Gasteiger partial charge on any atom is 0.252 e. The first kappa shape index (κ1) is 11.4. The van der Waals surface area contributed by atoms with E-state index in [4.69, 9.17) is 10.5 Å². The highest BCUT2D eigenvalue weighted by atomic mass is 16.5. The molecule has 0 amide bonds. The van der Waals surface area contributed by atoms with Crippen LogP contribution in [0.4, 0.5) is 0 Å². The van der Waals surface area contributed by atoms with Crippen molar-refractivity contribution in [2.45, 2.75) is 6.54 Å². The van der Waals surface area contributed by atoms with Crippen LogP contribution >= 0.6 is 0 Å². The number of ether oxygens (including phenoxy) is 1. The van der Waals surface area contributed by atoms with Crippen LogP contribution in [0, 0.1) is 0 Å². The van der Waals surface area contributed by atoms with Gasteiger partial charge < -0.3 is 15.5 Å². The molecule has 0 saturated heterocycles. The predicted octanol–water partition coefficient (Wildman–Crippen LogP) is 1.51. The standard InChI is InChI=1S/C13H14N2O2/c1-17-12-4-2-3-9(6-12)11-5-10(7-14)13(16)15-8-11/h2-6,8H,7,14H2,1H3,(H,15,16). The number of pyridine rings is 1. The van der Waals surface area contributed by atoms with Crippen LogP contribution in [-0.2, 0) is 6.54 Å². The van der Waals surface area contributed by atoms with E-state index in [0.717, 1.165) is 16.9 Å². The van der Waals surface area contributed by atoms with Crippen molar-refractivity contribution in [2.75, 3.05) is 7.11 Å². The van der Waals surface area contributed by atoms with E-state index in [-0.39, 0.29) is 12.1 Å². The molecule has 1 aromatic carbocycles. The Labute approximate surface area is 99.1 Å². The van der Waals surface area contributed by atoms with Gasteiger partial charge in [-0.2, -0.15) is 0 Å². The van der Waals surface area contributed by atoms with E-state index in [1.807, 2.05) is 24.3 Å². The highest BCUT2D eigenvalue weighted by Crippen LogP contribution is 2.22. The van der Waals surface area contributed by atoms with Crippen LogP contribution in [0.5, 0.6) is 5.75 Å². The average Bonchev–Trinajstić information content (AvgIpc) is 2.39. The fourth-order valence-electron chi connectivity index (χ4n) is 1.65. The molecule has 88 valence electrons. The van der Waals surface area contributed by atoms with Crippen LogP contribution in [0.1, 0.15) is 5.56 Å². The first-order chi connectivity index (χ1) is 8.24. The molecule has 0 saturated carbocycles. The molecule has 3 N–H and O–H groups in total. The van der Waals surface area contributed by atoms with Gasteiger partial charge in [0, 0.05) is 18.3 Å². The number of nitrogens with one attached hydrogen (secondary N) is 1. The van der Waals surface area contributed by atoms with Gasteiger partial charge in [-0.25, -0.2) is 0 Å². The van der Waals surface area contributed by atoms with Gasteiger partial charge in [-0.3, -0.25) is 4.79 Å². The van der Waals surface area contributed by atoms with Gasteiger partial charge in [0.15, 0.2) is 0 Å². The Morgan fingerprint density at radius 3 is 2.82 bits per heavy atom. The van der Waals surface area contributed by atoms with Gasteiger partial charge in [-0.1, -0.05) is 12.1 Å². The van der Waals surface area contributed by atoms with Gasteiger partial charge >= 0.3 is 0 Å². The normalized spacial score (nSPS) is 10.2.